The molecule has 0 saturated carbocycles. The molecule has 0 spiro atoms. The second-order valence-corrected chi connectivity index (χ2v) is 1.97. The van der Waals surface area contributed by atoms with E-state index < -0.39 is 23.9 Å². The van der Waals surface area contributed by atoms with Crippen molar-refractivity contribution in [3.05, 3.63) is 0 Å². The fourth-order valence-corrected chi connectivity index (χ4v) is 0. The van der Waals surface area contributed by atoms with E-state index in [4.69, 9.17) is 39.6 Å². The summed E-state index contributed by atoms with van der Waals surface area (Å²) in [6.45, 7) is 3.89. The van der Waals surface area contributed by atoms with Crippen LogP contribution in [0.15, 0.2) is 0 Å². The summed E-state index contributed by atoms with van der Waals surface area (Å²) in [6.07, 6.45) is 0. The molecule has 0 unspecified atom stereocenters. The second-order valence-electron chi connectivity index (χ2n) is 1.97. The van der Waals surface area contributed by atoms with Gasteiger partial charge in [0.1, 0.15) is 0 Å². The molecule has 0 rings (SSSR count). The van der Waals surface area contributed by atoms with Crippen LogP contribution in [0.4, 0.5) is 0 Å². The third-order valence-electron chi connectivity index (χ3n) is 0. The van der Waals surface area contributed by atoms with Crippen LogP contribution >= 0.6 is 0 Å². The minimum Gasteiger partial charge on any atom is -0.550 e. The first-order valence-electron chi connectivity index (χ1n) is 3.63. The molecule has 10 heteroatoms. The Morgan fingerprint density at radius 2 is 0.556 bits per heavy atom. The van der Waals surface area contributed by atoms with E-state index in [1.807, 2.05) is 0 Å². The first-order chi connectivity index (χ1) is 6.93. The van der Waals surface area contributed by atoms with Gasteiger partial charge in [-0.2, -0.15) is 0 Å². The van der Waals surface area contributed by atoms with Crippen LogP contribution in [0.1, 0.15) is 27.7 Å². The smallest absolute Gasteiger partial charge is 0.550 e. The van der Waals surface area contributed by atoms with Gasteiger partial charge >= 0.3 is 38.3 Å². The molecule has 0 aliphatic rings. The van der Waals surface area contributed by atoms with Crippen LogP contribution < -0.4 is 39.3 Å². The molecule has 0 fully saturated rings. The minimum atomic E-state index is -1.08. The monoisotopic (exact) mass is 346 g/mol. The minimum absolute atomic E-state index is 0. The normalized spacial score (nSPS) is 5.56. The van der Waals surface area contributed by atoms with E-state index in [1.165, 1.54) is 0 Å². The molecule has 8 nitrogen and oxygen atoms in total. The number of hydrogen-bond donors (Lipinski definition) is 0. The van der Waals surface area contributed by atoms with E-state index >= 15 is 0 Å². The van der Waals surface area contributed by atoms with Crippen LogP contribution in [-0.4, -0.2) is 23.9 Å². The quantitative estimate of drug-likeness (QED) is 0.391. The van der Waals surface area contributed by atoms with E-state index in [0.29, 0.717) is 0 Å². The molecule has 0 amide bonds. The average Bonchev–Trinajstić information content (AvgIpc) is 1.76. The Bertz CT molecular complexity index is 167. The van der Waals surface area contributed by atoms with Gasteiger partial charge in [-0.05, 0) is 27.7 Å². The van der Waals surface area contributed by atoms with Gasteiger partial charge in [0.05, 0.1) is 0 Å². The molecule has 0 atom stereocenters. The number of carboxylic acid groups (broad SMARTS) is 4. The van der Waals surface area contributed by atoms with Gasteiger partial charge in [-0.1, -0.05) is 0 Å². The SMILES string of the molecule is CC(=O)[O-].CC(=O)[O-].CC(=O)[O-].CC(=O)[O-].[Li+].[Rh+3]. The number of carboxylic acids is 4. The molecular formula is C8H12LiO8Rh. The molecule has 0 aromatic carbocycles. The molecular weight excluding hydrogens is 334 g/mol. The summed E-state index contributed by atoms with van der Waals surface area (Å²) >= 11 is 0. The third-order valence-corrected chi connectivity index (χ3v) is 0. The predicted octanol–water partition coefficient (Wildman–Crippen LogP) is -7.97. The third kappa shape index (κ3) is 3710. The fraction of sp³-hybridized carbons (Fsp3) is 0.500. The van der Waals surface area contributed by atoms with Crippen molar-refractivity contribution in [3.63, 3.8) is 0 Å². The van der Waals surface area contributed by atoms with Crippen LogP contribution in [0.5, 0.6) is 0 Å². The van der Waals surface area contributed by atoms with E-state index in [-0.39, 0.29) is 38.3 Å². The molecule has 0 N–H and O–H groups in total. The summed E-state index contributed by atoms with van der Waals surface area (Å²) in [5, 5.41) is 35.6. The van der Waals surface area contributed by atoms with Gasteiger partial charge in [-0.25, -0.2) is 0 Å². The van der Waals surface area contributed by atoms with Gasteiger partial charge in [0, 0.05) is 23.9 Å². The first kappa shape index (κ1) is 36.0. The van der Waals surface area contributed by atoms with Crippen molar-refractivity contribution in [2.75, 3.05) is 0 Å². The van der Waals surface area contributed by atoms with Crippen LogP contribution in [0.2, 0.25) is 0 Å². The molecule has 102 valence electrons. The molecule has 0 heterocycles. The number of aliphatic carboxylic acids is 4. The zero-order chi connectivity index (χ0) is 14.3. The van der Waals surface area contributed by atoms with Gasteiger partial charge in [0.15, 0.2) is 0 Å². The van der Waals surface area contributed by atoms with Crippen molar-refractivity contribution in [2.24, 2.45) is 0 Å². The van der Waals surface area contributed by atoms with Crippen LogP contribution in [0, 0.1) is 0 Å². The summed E-state index contributed by atoms with van der Waals surface area (Å²) in [5.74, 6) is -4.33. The predicted molar refractivity (Wildman–Crippen MR) is 42.7 cm³/mol. The molecule has 0 aromatic heterocycles. The van der Waals surface area contributed by atoms with Gasteiger partial charge in [0.2, 0.25) is 0 Å². The summed E-state index contributed by atoms with van der Waals surface area (Å²) < 4.78 is 0. The summed E-state index contributed by atoms with van der Waals surface area (Å²) in [4.78, 5) is 35.6. The van der Waals surface area contributed by atoms with Crippen LogP contribution in [-0.2, 0) is 38.7 Å². The van der Waals surface area contributed by atoms with E-state index in [9.17, 15) is 0 Å². The molecule has 0 radical (unpaired) electrons. The van der Waals surface area contributed by atoms with Crippen molar-refractivity contribution in [3.8, 4) is 0 Å². The van der Waals surface area contributed by atoms with Crippen molar-refractivity contribution < 1.29 is 77.9 Å². The summed E-state index contributed by atoms with van der Waals surface area (Å²) in [5.41, 5.74) is 0. The zero-order valence-corrected chi connectivity index (χ0v) is 12.2. The Morgan fingerprint density at radius 1 is 0.556 bits per heavy atom. The Kier molecular flexibility index (Phi) is 59.5. The van der Waals surface area contributed by atoms with Gasteiger partial charge in [-0.3, -0.25) is 0 Å². The van der Waals surface area contributed by atoms with E-state index in [1.54, 1.807) is 0 Å². The summed E-state index contributed by atoms with van der Waals surface area (Å²) in [6, 6.07) is 0. The Labute approximate surface area is 129 Å². The largest absolute Gasteiger partial charge is 3.00 e. The maximum Gasteiger partial charge on any atom is 3.00 e. The number of carbonyl (C=O) groups is 4. The maximum absolute atomic E-state index is 8.89. The van der Waals surface area contributed by atoms with Crippen molar-refractivity contribution in [1.29, 1.82) is 0 Å². The maximum atomic E-state index is 8.89. The molecule has 0 saturated heterocycles. The standard InChI is InChI=1S/4C2H4O2.Li.Rh/c4*1-2(3)4;;/h4*1H3,(H,3,4);;/q;;;;+1;+3/p-4. The topological polar surface area (TPSA) is 161 Å². The second kappa shape index (κ2) is 29.8. The number of hydrogen-bond acceptors (Lipinski definition) is 8. The molecule has 0 bridgehead atoms. The van der Waals surface area contributed by atoms with E-state index in [2.05, 4.69) is 0 Å². The molecule has 18 heavy (non-hydrogen) atoms. The number of rotatable bonds is 0. The van der Waals surface area contributed by atoms with Gasteiger partial charge < -0.3 is 39.6 Å². The van der Waals surface area contributed by atoms with Crippen molar-refractivity contribution in [1.82, 2.24) is 0 Å². The average molecular weight is 346 g/mol. The van der Waals surface area contributed by atoms with Crippen molar-refractivity contribution >= 4 is 23.9 Å². The van der Waals surface area contributed by atoms with Crippen LogP contribution in [0.3, 0.4) is 0 Å². The van der Waals surface area contributed by atoms with Gasteiger partial charge in [0.25, 0.3) is 0 Å². The first-order valence-corrected chi connectivity index (χ1v) is 3.63. The Morgan fingerprint density at radius 3 is 0.556 bits per heavy atom. The molecule has 0 aliphatic heterocycles. The van der Waals surface area contributed by atoms with Gasteiger partial charge in [-0.15, -0.1) is 0 Å². The fourth-order valence-electron chi connectivity index (χ4n) is 0. The van der Waals surface area contributed by atoms with Crippen molar-refractivity contribution in [2.45, 2.75) is 27.7 Å². The van der Waals surface area contributed by atoms with Crippen LogP contribution in [0.25, 0.3) is 0 Å². The van der Waals surface area contributed by atoms with E-state index in [0.717, 1.165) is 27.7 Å². The zero-order valence-electron chi connectivity index (χ0n) is 10.6. The summed E-state index contributed by atoms with van der Waals surface area (Å²) in [7, 11) is 0. The molecule has 0 aliphatic carbocycles. The Balaban J connectivity index is -0.0000000257. The molecule has 0 aromatic rings. The number of carbonyl (C=O) groups excluding carboxylic acids is 4. The Hall–Kier alpha value is -0.899.